The SMILES string of the molecule is CCOc1ccc(NC(=O)[C@@H](C)n2nnc3sc4c(c3c2=O)CCCC4)cc1. The maximum absolute atomic E-state index is 13.0. The van der Waals surface area contributed by atoms with Crippen LogP contribution in [0.2, 0.25) is 0 Å². The second kappa shape index (κ2) is 7.71. The summed E-state index contributed by atoms with van der Waals surface area (Å²) in [5, 5.41) is 11.7. The van der Waals surface area contributed by atoms with Crippen molar-refractivity contribution >= 4 is 33.1 Å². The summed E-state index contributed by atoms with van der Waals surface area (Å²) in [6.45, 7) is 4.15. The van der Waals surface area contributed by atoms with Crippen molar-refractivity contribution in [2.45, 2.75) is 45.6 Å². The first-order valence-electron chi connectivity index (χ1n) is 9.52. The minimum Gasteiger partial charge on any atom is -0.494 e. The van der Waals surface area contributed by atoms with Gasteiger partial charge in [0, 0.05) is 10.6 Å². The Balaban J connectivity index is 1.59. The Morgan fingerprint density at radius 3 is 2.79 bits per heavy atom. The molecular weight excluding hydrogens is 376 g/mol. The van der Waals surface area contributed by atoms with Gasteiger partial charge >= 0.3 is 0 Å². The van der Waals surface area contributed by atoms with Gasteiger partial charge in [-0.05, 0) is 69.4 Å². The largest absolute Gasteiger partial charge is 0.494 e. The van der Waals surface area contributed by atoms with Crippen LogP contribution in [-0.4, -0.2) is 27.5 Å². The average molecular weight is 398 g/mol. The van der Waals surface area contributed by atoms with Crippen LogP contribution in [-0.2, 0) is 17.6 Å². The molecule has 3 aromatic rings. The molecule has 1 amide bonds. The van der Waals surface area contributed by atoms with Gasteiger partial charge in [0.05, 0.1) is 12.0 Å². The maximum Gasteiger partial charge on any atom is 0.279 e. The van der Waals surface area contributed by atoms with Gasteiger partial charge in [0.15, 0.2) is 4.83 Å². The second-order valence-electron chi connectivity index (χ2n) is 6.85. The molecular formula is C20H22N4O3S. The molecule has 8 heteroatoms. The second-order valence-corrected chi connectivity index (χ2v) is 7.94. The molecule has 0 radical (unpaired) electrons. The number of fused-ring (bicyclic) bond motifs is 3. The van der Waals surface area contributed by atoms with Crippen molar-refractivity contribution in [2.75, 3.05) is 11.9 Å². The highest BCUT2D eigenvalue weighted by molar-refractivity contribution is 7.18. The lowest BCUT2D eigenvalue weighted by molar-refractivity contribution is -0.119. The highest BCUT2D eigenvalue weighted by Crippen LogP contribution is 2.33. The van der Waals surface area contributed by atoms with Crippen molar-refractivity contribution in [1.82, 2.24) is 15.0 Å². The van der Waals surface area contributed by atoms with Crippen molar-refractivity contribution in [1.29, 1.82) is 0 Å². The van der Waals surface area contributed by atoms with Crippen molar-refractivity contribution in [3.63, 3.8) is 0 Å². The molecule has 4 rings (SSSR count). The zero-order chi connectivity index (χ0) is 19.7. The first-order valence-corrected chi connectivity index (χ1v) is 10.3. The van der Waals surface area contributed by atoms with Crippen LogP contribution < -0.4 is 15.6 Å². The smallest absolute Gasteiger partial charge is 0.279 e. The van der Waals surface area contributed by atoms with E-state index in [1.54, 1.807) is 42.5 Å². The third kappa shape index (κ3) is 3.40. The van der Waals surface area contributed by atoms with Gasteiger partial charge < -0.3 is 10.1 Å². The third-order valence-electron chi connectivity index (χ3n) is 4.99. The van der Waals surface area contributed by atoms with Gasteiger partial charge in [-0.3, -0.25) is 9.59 Å². The molecule has 146 valence electrons. The Kier molecular flexibility index (Phi) is 5.13. The van der Waals surface area contributed by atoms with Crippen LogP contribution in [0.15, 0.2) is 29.1 Å². The predicted octanol–water partition coefficient (Wildman–Crippen LogP) is 3.33. The van der Waals surface area contributed by atoms with E-state index in [1.165, 1.54) is 9.56 Å². The standard InChI is InChI=1S/C20H22N4O3S/c1-3-27-14-10-8-13(9-11-14)21-18(25)12(2)24-20(26)17-15-6-4-5-7-16(15)28-19(17)22-23-24/h8-12H,3-7H2,1-2H3,(H,21,25)/t12-/m1/s1. The average Bonchev–Trinajstić information content (AvgIpc) is 3.09. The summed E-state index contributed by atoms with van der Waals surface area (Å²) < 4.78 is 6.59. The lowest BCUT2D eigenvalue weighted by Crippen LogP contribution is -2.34. The Bertz CT molecular complexity index is 1070. The minimum atomic E-state index is -0.768. The number of nitrogens with zero attached hydrogens (tertiary/aromatic N) is 3. The van der Waals surface area contributed by atoms with E-state index in [1.807, 2.05) is 6.92 Å². The van der Waals surface area contributed by atoms with Crippen molar-refractivity contribution < 1.29 is 9.53 Å². The molecule has 28 heavy (non-hydrogen) atoms. The van der Waals surface area contributed by atoms with E-state index >= 15 is 0 Å². The lowest BCUT2D eigenvalue weighted by atomic mass is 9.97. The highest BCUT2D eigenvalue weighted by Gasteiger charge is 2.24. The molecule has 0 aliphatic heterocycles. The monoisotopic (exact) mass is 398 g/mol. The normalized spacial score (nSPS) is 14.5. The summed E-state index contributed by atoms with van der Waals surface area (Å²) in [6.07, 6.45) is 4.10. The van der Waals surface area contributed by atoms with Crippen LogP contribution in [0, 0.1) is 0 Å². The minimum absolute atomic E-state index is 0.237. The molecule has 0 saturated heterocycles. The summed E-state index contributed by atoms with van der Waals surface area (Å²) in [5.41, 5.74) is 1.49. The van der Waals surface area contributed by atoms with Gasteiger partial charge in [-0.2, -0.15) is 4.68 Å². The van der Waals surface area contributed by atoms with Crippen LogP contribution in [0.25, 0.3) is 10.2 Å². The van der Waals surface area contributed by atoms with Gasteiger partial charge in [0.2, 0.25) is 5.91 Å². The summed E-state index contributed by atoms with van der Waals surface area (Å²) in [5.74, 6) is 0.423. The topological polar surface area (TPSA) is 86.1 Å². The molecule has 1 aliphatic carbocycles. The number of ether oxygens (including phenoxy) is 1. The molecule has 0 bridgehead atoms. The van der Waals surface area contributed by atoms with Crippen molar-refractivity contribution in [3.05, 3.63) is 45.1 Å². The molecule has 0 spiro atoms. The number of aromatic nitrogens is 3. The quantitative estimate of drug-likeness (QED) is 0.712. The third-order valence-corrected chi connectivity index (χ3v) is 6.16. The Hall–Kier alpha value is -2.74. The van der Waals surface area contributed by atoms with Gasteiger partial charge in [0.25, 0.3) is 5.56 Å². The number of nitrogens with one attached hydrogen (secondary N) is 1. The van der Waals surface area contributed by atoms with E-state index in [0.717, 1.165) is 37.0 Å². The molecule has 2 heterocycles. The highest BCUT2D eigenvalue weighted by atomic mass is 32.1. The van der Waals surface area contributed by atoms with Gasteiger partial charge in [-0.1, -0.05) is 5.21 Å². The van der Waals surface area contributed by atoms with Crippen LogP contribution in [0.4, 0.5) is 5.69 Å². The lowest BCUT2D eigenvalue weighted by Gasteiger charge is -2.14. The number of carbonyl (C=O) groups is 1. The fourth-order valence-corrected chi connectivity index (χ4v) is 4.70. The van der Waals surface area contributed by atoms with E-state index in [9.17, 15) is 9.59 Å². The summed E-state index contributed by atoms with van der Waals surface area (Å²) in [4.78, 5) is 27.6. The number of benzene rings is 1. The first-order chi connectivity index (χ1) is 13.6. The molecule has 0 saturated carbocycles. The van der Waals surface area contributed by atoms with Gasteiger partial charge in [0.1, 0.15) is 11.8 Å². The number of hydrogen-bond acceptors (Lipinski definition) is 6. The van der Waals surface area contributed by atoms with E-state index in [-0.39, 0.29) is 11.5 Å². The van der Waals surface area contributed by atoms with Gasteiger partial charge in [-0.15, -0.1) is 16.4 Å². The van der Waals surface area contributed by atoms with E-state index < -0.39 is 6.04 Å². The van der Waals surface area contributed by atoms with Crippen molar-refractivity contribution in [3.8, 4) is 5.75 Å². The Labute approximate surface area is 166 Å². The fraction of sp³-hybridized carbons (Fsp3) is 0.400. The first kappa shape index (κ1) is 18.6. The predicted molar refractivity (Wildman–Crippen MR) is 109 cm³/mol. The van der Waals surface area contributed by atoms with Crippen LogP contribution in [0.1, 0.15) is 43.2 Å². The molecule has 0 fully saturated rings. The molecule has 7 nitrogen and oxygen atoms in total. The number of amides is 1. The van der Waals surface area contributed by atoms with Crippen LogP contribution >= 0.6 is 11.3 Å². The molecule has 2 aromatic heterocycles. The van der Waals surface area contributed by atoms with E-state index in [2.05, 4.69) is 15.6 Å². The Morgan fingerprint density at radius 2 is 2.04 bits per heavy atom. The number of rotatable bonds is 5. The number of carbonyl (C=O) groups excluding carboxylic acids is 1. The number of anilines is 1. The molecule has 1 aliphatic rings. The maximum atomic E-state index is 13.0. The number of hydrogen-bond donors (Lipinski definition) is 1. The summed E-state index contributed by atoms with van der Waals surface area (Å²) >= 11 is 1.55. The number of thiophene rings is 1. The van der Waals surface area contributed by atoms with E-state index in [4.69, 9.17) is 4.74 Å². The molecule has 1 atom stereocenters. The van der Waals surface area contributed by atoms with Gasteiger partial charge in [-0.25, -0.2) is 0 Å². The molecule has 0 unspecified atom stereocenters. The zero-order valence-corrected chi connectivity index (χ0v) is 16.7. The van der Waals surface area contributed by atoms with Crippen molar-refractivity contribution in [2.24, 2.45) is 0 Å². The van der Waals surface area contributed by atoms with Crippen LogP contribution in [0.3, 0.4) is 0 Å². The number of aryl methyl sites for hydroxylation is 2. The summed E-state index contributed by atoms with van der Waals surface area (Å²) in [7, 11) is 0. The van der Waals surface area contributed by atoms with E-state index in [0.29, 0.717) is 22.5 Å². The van der Waals surface area contributed by atoms with Crippen LogP contribution in [0.5, 0.6) is 5.75 Å². The fourth-order valence-electron chi connectivity index (χ4n) is 3.50. The molecule has 1 N–H and O–H groups in total. The Morgan fingerprint density at radius 1 is 1.29 bits per heavy atom. The molecule has 1 aromatic carbocycles. The summed E-state index contributed by atoms with van der Waals surface area (Å²) in [6, 6.07) is 6.35. The zero-order valence-electron chi connectivity index (χ0n) is 15.9.